The van der Waals surface area contributed by atoms with Crippen LogP contribution in [0.1, 0.15) is 36.0 Å². The van der Waals surface area contributed by atoms with Gasteiger partial charge in [-0.3, -0.25) is 9.69 Å². The molecule has 0 amide bonds. The minimum absolute atomic E-state index is 0.201. The number of hydrogen-bond donors (Lipinski definition) is 1. The summed E-state index contributed by atoms with van der Waals surface area (Å²) in [5.41, 5.74) is 2.20. The maximum atomic E-state index is 12.4. The summed E-state index contributed by atoms with van der Waals surface area (Å²) in [6.07, 6.45) is 2.56. The third-order valence-electron chi connectivity index (χ3n) is 4.01. The van der Waals surface area contributed by atoms with Crippen LogP contribution in [0.15, 0.2) is 12.1 Å². The van der Waals surface area contributed by atoms with E-state index < -0.39 is 18.6 Å². The van der Waals surface area contributed by atoms with Gasteiger partial charge in [0.2, 0.25) is 0 Å². The number of benzene rings is 1. The number of carboxylic acids is 1. The Morgan fingerprint density at radius 2 is 2.00 bits per heavy atom. The summed E-state index contributed by atoms with van der Waals surface area (Å²) in [6.45, 7) is 1.85. The van der Waals surface area contributed by atoms with Gasteiger partial charge in [-0.2, -0.15) is 8.78 Å². The van der Waals surface area contributed by atoms with E-state index in [1.54, 1.807) is 26.0 Å². The van der Waals surface area contributed by atoms with Crippen LogP contribution in [0.4, 0.5) is 8.78 Å². The van der Waals surface area contributed by atoms with Crippen molar-refractivity contribution in [1.29, 1.82) is 0 Å². The number of halogens is 2. The van der Waals surface area contributed by atoms with E-state index in [9.17, 15) is 18.7 Å². The number of piperidine rings is 1. The molecule has 0 aliphatic carbocycles. The van der Waals surface area contributed by atoms with Crippen molar-refractivity contribution in [2.45, 2.75) is 52.3 Å². The number of likely N-dealkylation sites (tertiary alicyclic amines) is 1. The molecule has 1 heterocycles. The Kier molecular flexibility index (Phi) is 5.34. The highest BCUT2D eigenvalue weighted by Gasteiger charge is 2.28. The fourth-order valence-corrected chi connectivity index (χ4v) is 3.10. The van der Waals surface area contributed by atoms with Crippen LogP contribution in [-0.4, -0.2) is 35.2 Å². The van der Waals surface area contributed by atoms with Gasteiger partial charge in [-0.05, 0) is 49.9 Å². The molecule has 1 atom stereocenters. The minimum atomic E-state index is -2.85. The van der Waals surface area contributed by atoms with Crippen LogP contribution >= 0.6 is 0 Å². The molecule has 1 saturated heterocycles. The maximum absolute atomic E-state index is 12.4. The molecule has 0 aromatic heterocycles. The third-order valence-corrected chi connectivity index (χ3v) is 4.01. The van der Waals surface area contributed by atoms with Crippen LogP contribution in [-0.2, 0) is 11.3 Å². The molecule has 1 aliphatic rings. The standard InChI is InChI=1S/C16H21F2NO3/c1-10-7-12(8-11(2)14(10)22-16(17)18)9-19-6-4-3-5-13(19)15(20)21/h7-8,13,16H,3-6,9H2,1-2H3,(H,20,21). The van der Waals surface area contributed by atoms with Crippen LogP contribution in [0.3, 0.4) is 0 Å². The van der Waals surface area contributed by atoms with E-state index >= 15 is 0 Å². The zero-order chi connectivity index (χ0) is 16.3. The Hall–Kier alpha value is -1.69. The van der Waals surface area contributed by atoms with Crippen molar-refractivity contribution in [3.05, 3.63) is 28.8 Å². The number of nitrogens with zero attached hydrogens (tertiary/aromatic N) is 1. The first-order chi connectivity index (χ1) is 10.4. The third kappa shape index (κ3) is 3.94. The largest absolute Gasteiger partial charge is 0.480 e. The topological polar surface area (TPSA) is 49.8 Å². The maximum Gasteiger partial charge on any atom is 0.387 e. The van der Waals surface area contributed by atoms with Gasteiger partial charge in [0.1, 0.15) is 11.8 Å². The summed E-state index contributed by atoms with van der Waals surface area (Å²) in [4.78, 5) is 13.3. The number of alkyl halides is 2. The van der Waals surface area contributed by atoms with E-state index in [1.807, 2.05) is 4.90 Å². The van der Waals surface area contributed by atoms with Gasteiger partial charge in [-0.1, -0.05) is 18.6 Å². The molecule has 122 valence electrons. The summed E-state index contributed by atoms with van der Waals surface area (Å²) < 4.78 is 29.3. The summed E-state index contributed by atoms with van der Waals surface area (Å²) >= 11 is 0. The van der Waals surface area contributed by atoms with Gasteiger partial charge in [0, 0.05) is 6.54 Å². The molecule has 0 spiro atoms. The Balaban J connectivity index is 2.17. The number of carbonyl (C=O) groups is 1. The lowest BCUT2D eigenvalue weighted by atomic mass is 10.00. The Bertz CT molecular complexity index is 525. The van der Waals surface area contributed by atoms with E-state index in [-0.39, 0.29) is 5.75 Å². The fraction of sp³-hybridized carbons (Fsp3) is 0.562. The van der Waals surface area contributed by atoms with Gasteiger partial charge >= 0.3 is 12.6 Å². The van der Waals surface area contributed by atoms with Crippen molar-refractivity contribution < 1.29 is 23.4 Å². The van der Waals surface area contributed by atoms with Crippen LogP contribution in [0.25, 0.3) is 0 Å². The monoisotopic (exact) mass is 313 g/mol. The number of rotatable bonds is 5. The highest BCUT2D eigenvalue weighted by Crippen LogP contribution is 2.28. The number of hydrogen-bond acceptors (Lipinski definition) is 3. The van der Waals surface area contributed by atoms with E-state index in [1.165, 1.54) is 0 Å². The van der Waals surface area contributed by atoms with Gasteiger partial charge in [0.15, 0.2) is 0 Å². The van der Waals surface area contributed by atoms with Gasteiger partial charge in [0.05, 0.1) is 0 Å². The van der Waals surface area contributed by atoms with Crippen molar-refractivity contribution >= 4 is 5.97 Å². The van der Waals surface area contributed by atoms with E-state index in [0.717, 1.165) is 24.9 Å². The Morgan fingerprint density at radius 1 is 1.36 bits per heavy atom. The number of aryl methyl sites for hydroxylation is 2. The van der Waals surface area contributed by atoms with Crippen molar-refractivity contribution in [3.63, 3.8) is 0 Å². The summed E-state index contributed by atoms with van der Waals surface area (Å²) in [6, 6.07) is 3.11. The molecule has 22 heavy (non-hydrogen) atoms. The van der Waals surface area contributed by atoms with Crippen molar-refractivity contribution in [2.75, 3.05) is 6.54 Å². The lowest BCUT2D eigenvalue weighted by Gasteiger charge is -2.33. The second-order valence-electron chi connectivity index (χ2n) is 5.76. The number of ether oxygens (including phenoxy) is 1. The lowest BCUT2D eigenvalue weighted by molar-refractivity contribution is -0.144. The Labute approximate surface area is 128 Å². The van der Waals surface area contributed by atoms with Gasteiger partial charge < -0.3 is 9.84 Å². The van der Waals surface area contributed by atoms with Crippen molar-refractivity contribution in [2.24, 2.45) is 0 Å². The molecule has 2 rings (SSSR count). The quantitative estimate of drug-likeness (QED) is 0.906. The fourth-order valence-electron chi connectivity index (χ4n) is 3.10. The highest BCUT2D eigenvalue weighted by atomic mass is 19.3. The molecule has 1 aliphatic heterocycles. The molecule has 1 aromatic rings. The smallest absolute Gasteiger partial charge is 0.387 e. The van der Waals surface area contributed by atoms with Crippen LogP contribution in [0, 0.1) is 13.8 Å². The van der Waals surface area contributed by atoms with Crippen LogP contribution < -0.4 is 4.74 Å². The van der Waals surface area contributed by atoms with Gasteiger partial charge in [-0.25, -0.2) is 0 Å². The van der Waals surface area contributed by atoms with Crippen LogP contribution in [0.5, 0.6) is 5.75 Å². The molecule has 6 heteroatoms. The predicted molar refractivity (Wildman–Crippen MR) is 78.2 cm³/mol. The zero-order valence-corrected chi connectivity index (χ0v) is 12.8. The normalized spacial score (nSPS) is 19.4. The first-order valence-corrected chi connectivity index (χ1v) is 7.40. The first kappa shape index (κ1) is 16.7. The molecule has 0 bridgehead atoms. The summed E-state index contributed by atoms with van der Waals surface area (Å²) in [5.74, 6) is -0.599. The second-order valence-corrected chi connectivity index (χ2v) is 5.76. The molecule has 0 saturated carbocycles. The van der Waals surface area contributed by atoms with Gasteiger partial charge in [0.25, 0.3) is 0 Å². The zero-order valence-electron chi connectivity index (χ0n) is 12.8. The summed E-state index contributed by atoms with van der Waals surface area (Å²) in [7, 11) is 0. The van der Waals surface area contributed by atoms with E-state index in [4.69, 9.17) is 0 Å². The molecule has 0 radical (unpaired) electrons. The van der Waals surface area contributed by atoms with E-state index in [0.29, 0.717) is 24.1 Å². The molecule has 1 fully saturated rings. The van der Waals surface area contributed by atoms with Crippen molar-refractivity contribution in [3.8, 4) is 5.75 Å². The first-order valence-electron chi connectivity index (χ1n) is 7.40. The highest BCUT2D eigenvalue weighted by molar-refractivity contribution is 5.73. The van der Waals surface area contributed by atoms with Crippen LogP contribution in [0.2, 0.25) is 0 Å². The SMILES string of the molecule is Cc1cc(CN2CCCCC2C(=O)O)cc(C)c1OC(F)F. The second kappa shape index (κ2) is 7.05. The molecule has 4 nitrogen and oxygen atoms in total. The number of aliphatic carboxylic acids is 1. The molecular formula is C16H21F2NO3. The van der Waals surface area contributed by atoms with Crippen molar-refractivity contribution in [1.82, 2.24) is 4.90 Å². The molecule has 1 unspecified atom stereocenters. The molecular weight excluding hydrogens is 292 g/mol. The summed E-state index contributed by atoms with van der Waals surface area (Å²) in [5, 5.41) is 9.29. The minimum Gasteiger partial charge on any atom is -0.480 e. The van der Waals surface area contributed by atoms with Gasteiger partial charge in [-0.15, -0.1) is 0 Å². The number of carboxylic acid groups (broad SMARTS) is 1. The van der Waals surface area contributed by atoms with E-state index in [2.05, 4.69) is 4.74 Å². The molecule has 1 aromatic carbocycles. The Morgan fingerprint density at radius 3 is 2.55 bits per heavy atom. The molecule has 1 N–H and O–H groups in total. The average molecular weight is 313 g/mol. The predicted octanol–water partition coefficient (Wildman–Crippen LogP) is 3.34. The lowest BCUT2D eigenvalue weighted by Crippen LogP contribution is -2.44. The average Bonchev–Trinajstić information content (AvgIpc) is 2.43.